The number of imidazole rings is 1. The van der Waals surface area contributed by atoms with Gasteiger partial charge in [0, 0.05) is 47.7 Å². The first-order chi connectivity index (χ1) is 15.5. The summed E-state index contributed by atoms with van der Waals surface area (Å²) in [5.41, 5.74) is 10.5. The number of nitrogens with two attached hydrogens (primary N) is 1. The fourth-order valence-electron chi connectivity index (χ4n) is 3.75. The van der Waals surface area contributed by atoms with Crippen molar-refractivity contribution >= 4 is 5.71 Å². The monoisotopic (exact) mass is 425 g/mol. The van der Waals surface area contributed by atoms with Crippen LogP contribution in [0.15, 0.2) is 89.5 Å². The summed E-state index contributed by atoms with van der Waals surface area (Å²) in [6.07, 6.45) is 10.2. The summed E-state index contributed by atoms with van der Waals surface area (Å²) in [6, 6.07) is 10.2. The minimum absolute atomic E-state index is 0.00330. The Labute approximate surface area is 186 Å². The highest BCUT2D eigenvalue weighted by Crippen LogP contribution is 2.41. The average Bonchev–Trinajstić information content (AvgIpc) is 3.33. The third-order valence-electron chi connectivity index (χ3n) is 5.11. The zero-order valence-electron chi connectivity index (χ0n) is 18.1. The van der Waals surface area contributed by atoms with Gasteiger partial charge < -0.3 is 15.0 Å². The number of nitrogens with zero attached hydrogens (tertiary/aromatic N) is 6. The molecule has 8 nitrogen and oxygen atoms in total. The molecule has 0 amide bonds. The van der Waals surface area contributed by atoms with Crippen molar-refractivity contribution in [3.05, 3.63) is 95.6 Å². The lowest BCUT2D eigenvalue weighted by Gasteiger charge is -2.29. The van der Waals surface area contributed by atoms with Gasteiger partial charge in [-0.2, -0.15) is 5.26 Å². The number of benzene rings is 1. The molecule has 1 unspecified atom stereocenters. The lowest BCUT2D eigenvalue weighted by atomic mass is 9.79. The second kappa shape index (κ2) is 8.86. The van der Waals surface area contributed by atoms with Crippen molar-refractivity contribution in [2.75, 3.05) is 0 Å². The number of ether oxygens (including phenoxy) is 1. The summed E-state index contributed by atoms with van der Waals surface area (Å²) in [5, 5.41) is 9.97. The van der Waals surface area contributed by atoms with Crippen molar-refractivity contribution in [1.82, 2.24) is 19.5 Å². The maximum atomic E-state index is 9.97. The molecule has 32 heavy (non-hydrogen) atoms. The van der Waals surface area contributed by atoms with Crippen LogP contribution in [0.5, 0.6) is 0 Å². The van der Waals surface area contributed by atoms with Crippen LogP contribution in [0.25, 0.3) is 5.69 Å². The summed E-state index contributed by atoms with van der Waals surface area (Å²) in [7, 11) is 0. The van der Waals surface area contributed by atoms with E-state index in [1.54, 1.807) is 24.9 Å². The fourth-order valence-corrected chi connectivity index (χ4v) is 3.75. The van der Waals surface area contributed by atoms with Gasteiger partial charge in [-0.1, -0.05) is 12.1 Å². The van der Waals surface area contributed by atoms with Crippen molar-refractivity contribution in [3.8, 4) is 11.8 Å². The summed E-state index contributed by atoms with van der Waals surface area (Å²) >= 11 is 0. The highest BCUT2D eigenvalue weighted by molar-refractivity contribution is 6.14. The van der Waals surface area contributed by atoms with Crippen molar-refractivity contribution in [3.63, 3.8) is 0 Å². The molecule has 1 atom stereocenters. The van der Waals surface area contributed by atoms with E-state index < -0.39 is 5.92 Å². The van der Waals surface area contributed by atoms with E-state index in [9.17, 15) is 5.26 Å². The summed E-state index contributed by atoms with van der Waals surface area (Å²) in [4.78, 5) is 17.3. The predicted molar refractivity (Wildman–Crippen MR) is 121 cm³/mol. The number of hydrogen-bond acceptors (Lipinski definition) is 7. The molecule has 1 aromatic carbocycles. The fraction of sp³-hybridized carbons (Fsp3) is 0.208. The highest BCUT2D eigenvalue weighted by Gasteiger charge is 2.35. The molecule has 2 aromatic heterocycles. The molecule has 0 spiro atoms. The van der Waals surface area contributed by atoms with E-state index in [0.717, 1.165) is 22.4 Å². The number of allylic oxidation sites excluding steroid dienone is 3. The molecule has 0 aliphatic carbocycles. The molecule has 4 rings (SSSR count). The number of rotatable bonds is 5. The zero-order chi connectivity index (χ0) is 22.7. The zero-order valence-corrected chi connectivity index (χ0v) is 18.1. The molecule has 0 fully saturated rings. The van der Waals surface area contributed by atoms with Crippen molar-refractivity contribution in [2.24, 2.45) is 10.7 Å². The number of aromatic nitrogens is 4. The topological polar surface area (TPSA) is 115 Å². The maximum absolute atomic E-state index is 9.97. The Morgan fingerprint density at radius 1 is 1.19 bits per heavy atom. The average molecular weight is 425 g/mol. The van der Waals surface area contributed by atoms with Crippen LogP contribution in [0.3, 0.4) is 0 Å². The van der Waals surface area contributed by atoms with Crippen LogP contribution in [0, 0.1) is 11.3 Å². The first-order valence-electron chi connectivity index (χ1n) is 10.2. The van der Waals surface area contributed by atoms with Gasteiger partial charge in [0.25, 0.3) is 0 Å². The molecule has 8 heteroatoms. The van der Waals surface area contributed by atoms with Crippen molar-refractivity contribution < 1.29 is 4.74 Å². The van der Waals surface area contributed by atoms with Crippen LogP contribution < -0.4 is 5.73 Å². The lowest BCUT2D eigenvalue weighted by Crippen LogP contribution is -2.25. The molecule has 3 heterocycles. The van der Waals surface area contributed by atoms with Crippen LogP contribution in [0.2, 0.25) is 0 Å². The Hall–Kier alpha value is -4.25. The molecule has 1 aliphatic heterocycles. The molecule has 0 saturated heterocycles. The minimum Gasteiger partial charge on any atom is -0.445 e. The second-order valence-corrected chi connectivity index (χ2v) is 7.65. The van der Waals surface area contributed by atoms with Gasteiger partial charge in [0.1, 0.15) is 23.7 Å². The van der Waals surface area contributed by atoms with Gasteiger partial charge in [-0.05, 0) is 38.5 Å². The minimum atomic E-state index is -0.441. The van der Waals surface area contributed by atoms with E-state index in [1.165, 1.54) is 6.33 Å². The largest absolute Gasteiger partial charge is 0.445 e. The maximum Gasteiger partial charge on any atom is 0.205 e. The Bertz CT molecular complexity index is 1230. The standard InChI is InChI=1S/C24H23N7O/c1-15(2)30-23(18-11-28-13-29-12-18)21-16(3)32-24(26)20(10-25)22(21)17-4-6-19(7-5-17)31-9-8-27-14-31/h4-9,11-15,22H,26H2,1-3H3. The molecular weight excluding hydrogens is 402 g/mol. The predicted octanol–water partition coefficient (Wildman–Crippen LogP) is 3.64. The van der Waals surface area contributed by atoms with Gasteiger partial charge in [0.15, 0.2) is 0 Å². The van der Waals surface area contributed by atoms with Crippen molar-refractivity contribution in [1.29, 1.82) is 5.26 Å². The third kappa shape index (κ3) is 4.01. The van der Waals surface area contributed by atoms with Crippen molar-refractivity contribution in [2.45, 2.75) is 32.7 Å². The Kier molecular flexibility index (Phi) is 5.81. The van der Waals surface area contributed by atoms with E-state index in [4.69, 9.17) is 15.5 Å². The van der Waals surface area contributed by atoms with E-state index >= 15 is 0 Å². The van der Waals surface area contributed by atoms with Crippen LogP contribution in [-0.4, -0.2) is 31.3 Å². The smallest absolute Gasteiger partial charge is 0.205 e. The Balaban J connectivity index is 1.88. The van der Waals surface area contributed by atoms with E-state index in [1.807, 2.05) is 55.8 Å². The lowest BCUT2D eigenvalue weighted by molar-refractivity contribution is 0.283. The van der Waals surface area contributed by atoms with Gasteiger partial charge in [-0.15, -0.1) is 0 Å². The molecule has 3 aromatic rings. The molecular formula is C24H23N7O. The van der Waals surface area contributed by atoms with Crippen LogP contribution in [0.1, 0.15) is 37.8 Å². The van der Waals surface area contributed by atoms with Crippen LogP contribution in [0.4, 0.5) is 0 Å². The summed E-state index contributed by atoms with van der Waals surface area (Å²) < 4.78 is 7.72. The highest BCUT2D eigenvalue weighted by atomic mass is 16.5. The normalized spacial score (nSPS) is 16.8. The third-order valence-corrected chi connectivity index (χ3v) is 5.11. The van der Waals surface area contributed by atoms with Gasteiger partial charge >= 0.3 is 0 Å². The molecule has 160 valence electrons. The number of aliphatic imine (C=N–C) groups is 1. The van der Waals surface area contributed by atoms with Gasteiger partial charge in [0.2, 0.25) is 5.88 Å². The van der Waals surface area contributed by atoms with Gasteiger partial charge in [-0.25, -0.2) is 15.0 Å². The SMILES string of the molecule is CC1=C(C(=NC(C)C)c2cncnc2)C(c2ccc(-n3ccnc3)cc2)C(C#N)=C(N)O1. The Morgan fingerprint density at radius 3 is 2.50 bits per heavy atom. The first-order valence-corrected chi connectivity index (χ1v) is 10.2. The molecule has 1 aliphatic rings. The van der Waals surface area contributed by atoms with E-state index in [0.29, 0.717) is 17.0 Å². The van der Waals surface area contributed by atoms with Gasteiger partial charge in [0.05, 0.1) is 18.0 Å². The van der Waals surface area contributed by atoms with E-state index in [-0.39, 0.29) is 11.9 Å². The second-order valence-electron chi connectivity index (χ2n) is 7.65. The van der Waals surface area contributed by atoms with E-state index in [2.05, 4.69) is 21.0 Å². The molecule has 0 radical (unpaired) electrons. The quantitative estimate of drug-likeness (QED) is 0.624. The van der Waals surface area contributed by atoms with Gasteiger partial charge in [-0.3, -0.25) is 4.99 Å². The molecule has 0 bridgehead atoms. The molecule has 0 saturated carbocycles. The summed E-state index contributed by atoms with van der Waals surface area (Å²) in [5.74, 6) is 0.252. The number of hydrogen-bond donors (Lipinski definition) is 1. The first kappa shape index (κ1) is 21.0. The van der Waals surface area contributed by atoms with Crippen LogP contribution >= 0.6 is 0 Å². The van der Waals surface area contributed by atoms with Crippen LogP contribution in [-0.2, 0) is 4.74 Å². The number of nitriles is 1. The Morgan fingerprint density at radius 2 is 1.91 bits per heavy atom. The summed E-state index contributed by atoms with van der Waals surface area (Å²) in [6.45, 7) is 5.82. The molecule has 2 N–H and O–H groups in total.